The number of aliphatic hydroxyl groups is 1. The number of ether oxygens (including phenoxy) is 1. The van der Waals surface area contributed by atoms with Gasteiger partial charge >= 0.3 is 0 Å². The Morgan fingerprint density at radius 2 is 2.00 bits per heavy atom. The van der Waals surface area contributed by atoms with E-state index in [4.69, 9.17) is 4.74 Å². The molecule has 0 spiro atoms. The average molecular weight is 251 g/mol. The number of rotatable bonds is 4. The van der Waals surface area contributed by atoms with Gasteiger partial charge in [-0.15, -0.1) is 0 Å². The largest absolute Gasteiger partial charge is 0.504 e. The van der Waals surface area contributed by atoms with Gasteiger partial charge in [0.1, 0.15) is 0 Å². The number of phenols is 1. The van der Waals surface area contributed by atoms with Crippen LogP contribution in [0.25, 0.3) is 0 Å². The van der Waals surface area contributed by atoms with Crippen LogP contribution in [0.3, 0.4) is 0 Å². The Hall–Kier alpha value is -1.26. The molecule has 0 bridgehead atoms. The minimum atomic E-state index is -0.114. The van der Waals surface area contributed by atoms with Crippen LogP contribution in [-0.4, -0.2) is 29.5 Å². The molecule has 0 aromatic heterocycles. The standard InChI is InChI=1S/C14H21NO3/c1-18-14-8-10(2-7-13(14)17)9-15-11-3-5-12(16)6-4-11/h2,7-8,11-12,15-17H,3-6,9H2,1H3. The minimum Gasteiger partial charge on any atom is -0.504 e. The maximum atomic E-state index is 9.51. The van der Waals surface area contributed by atoms with E-state index in [-0.39, 0.29) is 11.9 Å². The summed E-state index contributed by atoms with van der Waals surface area (Å²) in [5, 5.41) is 22.4. The van der Waals surface area contributed by atoms with Crippen molar-refractivity contribution < 1.29 is 14.9 Å². The van der Waals surface area contributed by atoms with Gasteiger partial charge in [-0.1, -0.05) is 6.07 Å². The van der Waals surface area contributed by atoms with Crippen LogP contribution >= 0.6 is 0 Å². The van der Waals surface area contributed by atoms with Crippen molar-refractivity contribution in [3.8, 4) is 11.5 Å². The molecule has 0 saturated heterocycles. The van der Waals surface area contributed by atoms with Gasteiger partial charge in [-0.05, 0) is 43.4 Å². The van der Waals surface area contributed by atoms with Crippen LogP contribution in [0.1, 0.15) is 31.2 Å². The van der Waals surface area contributed by atoms with Gasteiger partial charge in [0, 0.05) is 12.6 Å². The van der Waals surface area contributed by atoms with Gasteiger partial charge in [-0.2, -0.15) is 0 Å². The maximum Gasteiger partial charge on any atom is 0.160 e. The van der Waals surface area contributed by atoms with E-state index in [1.807, 2.05) is 12.1 Å². The monoisotopic (exact) mass is 251 g/mol. The molecule has 1 saturated carbocycles. The predicted octanol–water partition coefficient (Wildman–Crippen LogP) is 1.79. The first kappa shape index (κ1) is 13.2. The van der Waals surface area contributed by atoms with Crippen LogP contribution in [0.15, 0.2) is 18.2 Å². The molecule has 0 aliphatic heterocycles. The number of hydrogen-bond donors (Lipinski definition) is 3. The summed E-state index contributed by atoms with van der Waals surface area (Å²) >= 11 is 0. The average Bonchev–Trinajstić information content (AvgIpc) is 2.39. The zero-order valence-electron chi connectivity index (χ0n) is 10.7. The molecule has 0 amide bonds. The molecule has 1 fully saturated rings. The molecule has 2 rings (SSSR count). The molecule has 3 N–H and O–H groups in total. The van der Waals surface area contributed by atoms with Crippen molar-refractivity contribution in [2.45, 2.75) is 44.4 Å². The van der Waals surface area contributed by atoms with Crippen molar-refractivity contribution in [2.75, 3.05) is 7.11 Å². The summed E-state index contributed by atoms with van der Waals surface area (Å²) in [6, 6.07) is 5.87. The summed E-state index contributed by atoms with van der Waals surface area (Å²) in [5.74, 6) is 0.676. The highest BCUT2D eigenvalue weighted by Gasteiger charge is 2.18. The molecule has 1 aromatic carbocycles. The number of methoxy groups -OCH3 is 1. The molecule has 0 unspecified atom stereocenters. The molecule has 100 valence electrons. The lowest BCUT2D eigenvalue weighted by atomic mass is 9.93. The number of aromatic hydroxyl groups is 1. The van der Waals surface area contributed by atoms with Crippen LogP contribution in [0.4, 0.5) is 0 Å². The van der Waals surface area contributed by atoms with E-state index in [2.05, 4.69) is 5.32 Å². The van der Waals surface area contributed by atoms with E-state index in [0.717, 1.165) is 37.8 Å². The van der Waals surface area contributed by atoms with E-state index in [1.54, 1.807) is 13.2 Å². The van der Waals surface area contributed by atoms with Crippen LogP contribution in [0, 0.1) is 0 Å². The van der Waals surface area contributed by atoms with E-state index in [0.29, 0.717) is 11.8 Å². The third-order valence-electron chi connectivity index (χ3n) is 3.54. The molecule has 18 heavy (non-hydrogen) atoms. The fourth-order valence-electron chi connectivity index (χ4n) is 2.37. The molecular weight excluding hydrogens is 230 g/mol. The molecule has 0 heterocycles. The van der Waals surface area contributed by atoms with Gasteiger partial charge in [0.15, 0.2) is 11.5 Å². The first-order chi connectivity index (χ1) is 8.69. The summed E-state index contributed by atoms with van der Waals surface area (Å²) in [6.07, 6.45) is 3.71. The maximum absolute atomic E-state index is 9.51. The lowest BCUT2D eigenvalue weighted by Gasteiger charge is -2.26. The van der Waals surface area contributed by atoms with Crippen molar-refractivity contribution in [3.63, 3.8) is 0 Å². The van der Waals surface area contributed by atoms with E-state index in [9.17, 15) is 10.2 Å². The van der Waals surface area contributed by atoms with Crippen LogP contribution in [0.5, 0.6) is 11.5 Å². The highest BCUT2D eigenvalue weighted by molar-refractivity contribution is 5.41. The zero-order valence-corrected chi connectivity index (χ0v) is 10.7. The molecule has 4 heteroatoms. The summed E-state index contributed by atoms with van der Waals surface area (Å²) in [6.45, 7) is 0.761. The summed E-state index contributed by atoms with van der Waals surface area (Å²) in [5.41, 5.74) is 1.09. The highest BCUT2D eigenvalue weighted by atomic mass is 16.5. The molecule has 1 aliphatic rings. The van der Waals surface area contributed by atoms with Gasteiger partial charge < -0.3 is 20.3 Å². The predicted molar refractivity (Wildman–Crippen MR) is 69.8 cm³/mol. The third-order valence-corrected chi connectivity index (χ3v) is 3.54. The van der Waals surface area contributed by atoms with E-state index >= 15 is 0 Å². The Morgan fingerprint density at radius 1 is 1.28 bits per heavy atom. The topological polar surface area (TPSA) is 61.7 Å². The lowest BCUT2D eigenvalue weighted by molar-refractivity contribution is 0.116. The Morgan fingerprint density at radius 3 is 2.67 bits per heavy atom. The van der Waals surface area contributed by atoms with Crippen LogP contribution in [0.2, 0.25) is 0 Å². The zero-order chi connectivity index (χ0) is 13.0. The highest BCUT2D eigenvalue weighted by Crippen LogP contribution is 2.26. The Bertz CT molecular complexity index is 387. The van der Waals surface area contributed by atoms with Gasteiger partial charge in [0.25, 0.3) is 0 Å². The van der Waals surface area contributed by atoms with Gasteiger partial charge in [-0.3, -0.25) is 0 Å². The SMILES string of the molecule is COc1cc(CNC2CCC(O)CC2)ccc1O. The molecule has 4 nitrogen and oxygen atoms in total. The Kier molecular flexibility index (Phi) is 4.44. The van der Waals surface area contributed by atoms with E-state index < -0.39 is 0 Å². The molecular formula is C14H21NO3. The first-order valence-electron chi connectivity index (χ1n) is 6.46. The van der Waals surface area contributed by atoms with Gasteiger partial charge in [-0.25, -0.2) is 0 Å². The number of phenolic OH excluding ortho intramolecular Hbond substituents is 1. The first-order valence-corrected chi connectivity index (χ1v) is 6.46. The van der Waals surface area contributed by atoms with Gasteiger partial charge in [0.2, 0.25) is 0 Å². The fourth-order valence-corrected chi connectivity index (χ4v) is 2.37. The molecule has 1 aromatic rings. The number of hydrogen-bond acceptors (Lipinski definition) is 4. The van der Waals surface area contributed by atoms with Crippen molar-refractivity contribution in [1.29, 1.82) is 0 Å². The van der Waals surface area contributed by atoms with Crippen molar-refractivity contribution in [1.82, 2.24) is 5.32 Å². The Balaban J connectivity index is 1.86. The summed E-state index contributed by atoms with van der Waals surface area (Å²) < 4.78 is 5.08. The minimum absolute atomic E-state index is 0.114. The van der Waals surface area contributed by atoms with Crippen LogP contribution in [-0.2, 0) is 6.54 Å². The van der Waals surface area contributed by atoms with E-state index in [1.165, 1.54) is 0 Å². The number of nitrogens with one attached hydrogen (secondary N) is 1. The quantitative estimate of drug-likeness (QED) is 0.763. The summed E-state index contributed by atoms with van der Waals surface area (Å²) in [7, 11) is 1.55. The fraction of sp³-hybridized carbons (Fsp3) is 0.571. The van der Waals surface area contributed by atoms with Crippen molar-refractivity contribution in [3.05, 3.63) is 23.8 Å². The molecule has 1 aliphatic carbocycles. The second-order valence-electron chi connectivity index (χ2n) is 4.89. The lowest BCUT2D eigenvalue weighted by Crippen LogP contribution is -2.34. The second-order valence-corrected chi connectivity index (χ2v) is 4.89. The summed E-state index contributed by atoms with van der Waals surface area (Å²) in [4.78, 5) is 0. The van der Waals surface area contributed by atoms with Crippen LogP contribution < -0.4 is 10.1 Å². The van der Waals surface area contributed by atoms with Crippen molar-refractivity contribution >= 4 is 0 Å². The van der Waals surface area contributed by atoms with Gasteiger partial charge in [0.05, 0.1) is 13.2 Å². The number of aliphatic hydroxyl groups excluding tert-OH is 1. The molecule has 0 atom stereocenters. The second kappa shape index (κ2) is 6.07. The third kappa shape index (κ3) is 3.37. The molecule has 0 radical (unpaired) electrons. The Labute approximate surface area is 108 Å². The normalized spacial score (nSPS) is 23.9. The number of benzene rings is 1. The smallest absolute Gasteiger partial charge is 0.160 e. The van der Waals surface area contributed by atoms with Crippen molar-refractivity contribution in [2.24, 2.45) is 0 Å².